The summed E-state index contributed by atoms with van der Waals surface area (Å²) in [6, 6.07) is 9.43. The van der Waals surface area contributed by atoms with Gasteiger partial charge in [0.1, 0.15) is 16.8 Å². The molecule has 1 N–H and O–H groups in total. The van der Waals surface area contributed by atoms with Crippen LogP contribution in [0.1, 0.15) is 26.3 Å². The molecule has 0 spiro atoms. The highest BCUT2D eigenvalue weighted by atomic mass is 32.2. The largest absolute Gasteiger partial charge is 0.497 e. The van der Waals surface area contributed by atoms with E-state index in [1.54, 1.807) is 13.2 Å². The summed E-state index contributed by atoms with van der Waals surface area (Å²) < 4.78 is 5.20. The van der Waals surface area contributed by atoms with Gasteiger partial charge >= 0.3 is 0 Å². The van der Waals surface area contributed by atoms with Crippen LogP contribution in [0.25, 0.3) is 10.9 Å². The molecule has 0 aliphatic heterocycles. The molecule has 0 atom stereocenters. The number of nitrogens with one attached hydrogen (secondary N) is 1. The second kappa shape index (κ2) is 6.88. The van der Waals surface area contributed by atoms with Crippen LogP contribution in [0.15, 0.2) is 29.3 Å². The van der Waals surface area contributed by atoms with Crippen LogP contribution in [0.2, 0.25) is 0 Å². The Kier molecular flexibility index (Phi) is 5.12. The van der Waals surface area contributed by atoms with Crippen molar-refractivity contribution in [2.75, 3.05) is 12.9 Å². The molecule has 0 aliphatic rings. The Morgan fingerprint density at radius 2 is 2.13 bits per heavy atom. The SMILES string of the molecule is COc1ccc2cc(C#N)c(SCC(=O)NC(C)(C)C)nc2c1. The van der Waals surface area contributed by atoms with Gasteiger partial charge in [-0.1, -0.05) is 11.8 Å². The fourth-order valence-electron chi connectivity index (χ4n) is 2.03. The molecular weight excluding hydrogens is 310 g/mol. The van der Waals surface area contributed by atoms with E-state index in [1.165, 1.54) is 11.8 Å². The first-order valence-electron chi connectivity index (χ1n) is 7.15. The summed E-state index contributed by atoms with van der Waals surface area (Å²) in [6.45, 7) is 5.78. The number of fused-ring (bicyclic) bond motifs is 1. The zero-order valence-electron chi connectivity index (χ0n) is 13.6. The number of carbonyl (C=O) groups excluding carboxylic acids is 1. The number of nitriles is 1. The fraction of sp³-hybridized carbons (Fsp3) is 0.353. The number of nitrogens with zero attached hydrogens (tertiary/aromatic N) is 2. The molecule has 1 amide bonds. The third kappa shape index (κ3) is 4.60. The zero-order chi connectivity index (χ0) is 17.0. The third-order valence-electron chi connectivity index (χ3n) is 2.96. The second-order valence-electron chi connectivity index (χ2n) is 6.10. The molecule has 0 unspecified atom stereocenters. The molecule has 2 aromatic rings. The van der Waals surface area contributed by atoms with Gasteiger partial charge in [-0.2, -0.15) is 5.26 Å². The fourth-order valence-corrected chi connectivity index (χ4v) is 2.80. The average molecular weight is 329 g/mol. The van der Waals surface area contributed by atoms with Crippen LogP contribution in [-0.2, 0) is 4.79 Å². The Morgan fingerprint density at radius 3 is 2.74 bits per heavy atom. The minimum absolute atomic E-state index is 0.0843. The van der Waals surface area contributed by atoms with E-state index in [1.807, 2.05) is 39.0 Å². The van der Waals surface area contributed by atoms with E-state index in [9.17, 15) is 10.1 Å². The van der Waals surface area contributed by atoms with Crippen LogP contribution in [0.3, 0.4) is 0 Å². The van der Waals surface area contributed by atoms with Crippen LogP contribution in [0.5, 0.6) is 5.75 Å². The highest BCUT2D eigenvalue weighted by Crippen LogP contribution is 2.26. The predicted octanol–water partition coefficient (Wildman–Crippen LogP) is 3.12. The normalized spacial score (nSPS) is 11.1. The van der Waals surface area contributed by atoms with E-state index in [0.29, 0.717) is 16.3 Å². The van der Waals surface area contributed by atoms with Crippen molar-refractivity contribution in [3.8, 4) is 11.8 Å². The summed E-state index contributed by atoms with van der Waals surface area (Å²) in [5, 5.41) is 13.6. The van der Waals surface area contributed by atoms with E-state index in [0.717, 1.165) is 10.9 Å². The molecule has 5 nitrogen and oxygen atoms in total. The molecule has 120 valence electrons. The number of hydrogen-bond acceptors (Lipinski definition) is 5. The number of ether oxygens (including phenoxy) is 1. The van der Waals surface area contributed by atoms with Gasteiger partial charge in [0.15, 0.2) is 0 Å². The minimum atomic E-state index is -0.278. The molecule has 1 heterocycles. The van der Waals surface area contributed by atoms with Gasteiger partial charge in [0.05, 0.1) is 23.9 Å². The zero-order valence-corrected chi connectivity index (χ0v) is 14.5. The van der Waals surface area contributed by atoms with Gasteiger partial charge in [0.25, 0.3) is 0 Å². The van der Waals surface area contributed by atoms with Crippen LogP contribution < -0.4 is 10.1 Å². The lowest BCUT2D eigenvalue weighted by Gasteiger charge is -2.20. The number of rotatable bonds is 4. The lowest BCUT2D eigenvalue weighted by molar-refractivity contribution is -0.119. The van der Waals surface area contributed by atoms with Crippen molar-refractivity contribution < 1.29 is 9.53 Å². The molecule has 6 heteroatoms. The summed E-state index contributed by atoms with van der Waals surface area (Å²) in [6.07, 6.45) is 0. The van der Waals surface area contributed by atoms with E-state index in [4.69, 9.17) is 4.74 Å². The Morgan fingerprint density at radius 1 is 1.39 bits per heavy atom. The van der Waals surface area contributed by atoms with Gasteiger partial charge in [-0.15, -0.1) is 0 Å². The Balaban J connectivity index is 2.25. The molecule has 0 fully saturated rings. The number of thioether (sulfide) groups is 1. The molecule has 1 aromatic heterocycles. The van der Waals surface area contributed by atoms with E-state index in [-0.39, 0.29) is 17.2 Å². The highest BCUT2D eigenvalue weighted by molar-refractivity contribution is 8.00. The van der Waals surface area contributed by atoms with Crippen molar-refractivity contribution in [3.05, 3.63) is 29.8 Å². The van der Waals surface area contributed by atoms with Gasteiger partial charge in [-0.25, -0.2) is 4.98 Å². The maximum absolute atomic E-state index is 11.9. The third-order valence-corrected chi connectivity index (χ3v) is 3.96. The first-order valence-corrected chi connectivity index (χ1v) is 8.13. The summed E-state index contributed by atoms with van der Waals surface area (Å²) in [7, 11) is 1.59. The summed E-state index contributed by atoms with van der Waals surface area (Å²) in [5.74, 6) is 0.837. The predicted molar refractivity (Wildman–Crippen MR) is 91.6 cm³/mol. The molecular formula is C17H19N3O2S. The number of carbonyl (C=O) groups is 1. The van der Waals surface area contributed by atoms with E-state index in [2.05, 4.69) is 16.4 Å². The lowest BCUT2D eigenvalue weighted by Crippen LogP contribution is -2.41. The number of amides is 1. The number of methoxy groups -OCH3 is 1. The molecule has 0 saturated heterocycles. The topological polar surface area (TPSA) is 75.0 Å². The molecule has 0 saturated carbocycles. The maximum Gasteiger partial charge on any atom is 0.230 e. The lowest BCUT2D eigenvalue weighted by atomic mass is 10.1. The van der Waals surface area contributed by atoms with E-state index < -0.39 is 0 Å². The number of aromatic nitrogens is 1. The van der Waals surface area contributed by atoms with Gasteiger partial charge in [0.2, 0.25) is 5.91 Å². The molecule has 0 aliphatic carbocycles. The first-order chi connectivity index (χ1) is 10.8. The van der Waals surface area contributed by atoms with Crippen LogP contribution in [0.4, 0.5) is 0 Å². The Hall–Kier alpha value is -2.26. The summed E-state index contributed by atoms with van der Waals surface area (Å²) in [5.41, 5.74) is 0.929. The minimum Gasteiger partial charge on any atom is -0.497 e. The number of hydrogen-bond donors (Lipinski definition) is 1. The summed E-state index contributed by atoms with van der Waals surface area (Å²) >= 11 is 1.26. The monoisotopic (exact) mass is 329 g/mol. The van der Waals surface area contributed by atoms with Crippen molar-refractivity contribution in [1.29, 1.82) is 5.26 Å². The molecule has 2 rings (SSSR count). The van der Waals surface area contributed by atoms with Crippen molar-refractivity contribution in [2.24, 2.45) is 0 Å². The van der Waals surface area contributed by atoms with Gasteiger partial charge in [-0.05, 0) is 39.0 Å². The van der Waals surface area contributed by atoms with Gasteiger partial charge in [-0.3, -0.25) is 4.79 Å². The average Bonchev–Trinajstić information content (AvgIpc) is 2.49. The standard InChI is InChI=1S/C17H19N3O2S/c1-17(2,3)20-15(21)10-23-16-12(9-18)7-11-5-6-13(22-4)8-14(11)19-16/h5-8H,10H2,1-4H3,(H,20,21). The van der Waals surface area contributed by atoms with Crippen LogP contribution in [0, 0.1) is 11.3 Å². The molecule has 0 radical (unpaired) electrons. The van der Waals surface area contributed by atoms with Crippen LogP contribution in [-0.4, -0.2) is 29.3 Å². The van der Waals surface area contributed by atoms with Crippen molar-refractivity contribution in [3.63, 3.8) is 0 Å². The van der Waals surface area contributed by atoms with Gasteiger partial charge in [0, 0.05) is 17.0 Å². The molecule has 23 heavy (non-hydrogen) atoms. The quantitative estimate of drug-likeness (QED) is 0.872. The van der Waals surface area contributed by atoms with Crippen molar-refractivity contribution >= 4 is 28.6 Å². The van der Waals surface area contributed by atoms with Crippen molar-refractivity contribution in [1.82, 2.24) is 10.3 Å². The Bertz CT molecular complexity index is 776. The number of pyridine rings is 1. The maximum atomic E-state index is 11.9. The highest BCUT2D eigenvalue weighted by Gasteiger charge is 2.15. The molecule has 0 bridgehead atoms. The van der Waals surface area contributed by atoms with Crippen molar-refractivity contribution in [2.45, 2.75) is 31.3 Å². The molecule has 1 aromatic carbocycles. The second-order valence-corrected chi connectivity index (χ2v) is 7.06. The van der Waals surface area contributed by atoms with Crippen LogP contribution >= 0.6 is 11.8 Å². The Labute approximate surface area is 140 Å². The number of benzene rings is 1. The summed E-state index contributed by atoms with van der Waals surface area (Å²) in [4.78, 5) is 16.4. The smallest absolute Gasteiger partial charge is 0.230 e. The van der Waals surface area contributed by atoms with Gasteiger partial charge < -0.3 is 10.1 Å². The van der Waals surface area contributed by atoms with E-state index >= 15 is 0 Å². The first kappa shape index (κ1) is 17.1.